The van der Waals surface area contributed by atoms with E-state index in [1.54, 1.807) is 0 Å². The van der Waals surface area contributed by atoms with Gasteiger partial charge in [0.1, 0.15) is 5.82 Å². The van der Waals surface area contributed by atoms with Crippen molar-refractivity contribution in [1.82, 2.24) is 15.2 Å². The summed E-state index contributed by atoms with van der Waals surface area (Å²) in [4.78, 5) is 22.2. The Morgan fingerprint density at radius 1 is 1.29 bits per heavy atom. The smallest absolute Gasteiger partial charge is 0.257 e. The fourth-order valence-electron chi connectivity index (χ4n) is 3.76. The van der Waals surface area contributed by atoms with Crippen LogP contribution < -0.4 is 10.2 Å². The zero-order valence-corrected chi connectivity index (χ0v) is 14.2. The third-order valence-electron chi connectivity index (χ3n) is 5.24. The Morgan fingerprint density at radius 3 is 2.83 bits per heavy atom. The van der Waals surface area contributed by atoms with Crippen molar-refractivity contribution >= 4 is 22.6 Å². The molecule has 1 unspecified atom stereocenters. The summed E-state index contributed by atoms with van der Waals surface area (Å²) in [5, 5.41) is 4.37. The minimum Gasteiger partial charge on any atom is -0.356 e. The number of fused-ring (bicyclic) bond motifs is 1. The number of anilines is 1. The molecule has 5 heteroatoms. The van der Waals surface area contributed by atoms with Crippen LogP contribution in [0.5, 0.6) is 0 Å². The van der Waals surface area contributed by atoms with E-state index in [2.05, 4.69) is 10.2 Å². The monoisotopic (exact) mass is 324 g/mol. The van der Waals surface area contributed by atoms with Gasteiger partial charge >= 0.3 is 0 Å². The lowest BCUT2D eigenvalue weighted by Crippen LogP contribution is -2.39. The number of hydrogen-bond acceptors (Lipinski definition) is 4. The molecule has 0 aliphatic carbocycles. The molecule has 2 aliphatic rings. The van der Waals surface area contributed by atoms with Gasteiger partial charge in [-0.15, -0.1) is 0 Å². The van der Waals surface area contributed by atoms with Crippen LogP contribution in [0.3, 0.4) is 0 Å². The highest BCUT2D eigenvalue weighted by atomic mass is 16.2. The Labute approximate surface area is 142 Å². The highest BCUT2D eigenvalue weighted by molar-refractivity contribution is 6.02. The third-order valence-corrected chi connectivity index (χ3v) is 5.24. The number of carbonyl (C=O) groups is 1. The van der Waals surface area contributed by atoms with Crippen molar-refractivity contribution in [2.75, 3.05) is 38.1 Å². The number of para-hydroxylation sites is 1. The van der Waals surface area contributed by atoms with E-state index in [0.29, 0.717) is 0 Å². The van der Waals surface area contributed by atoms with Crippen LogP contribution in [-0.2, 0) is 0 Å². The van der Waals surface area contributed by atoms with E-state index in [-0.39, 0.29) is 11.9 Å². The predicted molar refractivity (Wildman–Crippen MR) is 96.6 cm³/mol. The Hall–Kier alpha value is -2.14. The van der Waals surface area contributed by atoms with E-state index < -0.39 is 0 Å². The summed E-state index contributed by atoms with van der Waals surface area (Å²) in [6, 6.07) is 10.4. The van der Waals surface area contributed by atoms with Crippen LogP contribution in [0, 0.1) is 0 Å². The van der Waals surface area contributed by atoms with Crippen molar-refractivity contribution in [3.8, 4) is 0 Å². The normalized spacial score (nSPS) is 20.7. The van der Waals surface area contributed by atoms with Crippen LogP contribution in [0.25, 0.3) is 10.9 Å². The van der Waals surface area contributed by atoms with Gasteiger partial charge in [0.15, 0.2) is 0 Å². The maximum Gasteiger partial charge on any atom is 0.257 e. The molecule has 1 amide bonds. The molecule has 1 aromatic carbocycles. The quantitative estimate of drug-likeness (QED) is 0.941. The van der Waals surface area contributed by atoms with Gasteiger partial charge in [0.2, 0.25) is 0 Å². The summed E-state index contributed by atoms with van der Waals surface area (Å²) < 4.78 is 0. The number of benzene rings is 1. The predicted octanol–water partition coefficient (Wildman–Crippen LogP) is 2.27. The third kappa shape index (κ3) is 2.73. The molecule has 0 saturated carbocycles. The first-order chi connectivity index (χ1) is 11.7. The van der Waals surface area contributed by atoms with Crippen molar-refractivity contribution in [2.24, 2.45) is 0 Å². The van der Waals surface area contributed by atoms with E-state index >= 15 is 0 Å². The lowest BCUT2D eigenvalue weighted by Gasteiger charge is -2.27. The number of pyridine rings is 1. The van der Waals surface area contributed by atoms with Crippen LogP contribution in [-0.4, -0.2) is 55.1 Å². The fraction of sp³-hybridized carbons (Fsp3) is 0.474. The molecule has 2 aliphatic heterocycles. The SMILES string of the molecule is CN(C(=O)c1cc2ccccc2nc1N1CCCC1)C1CCNC1. The van der Waals surface area contributed by atoms with Gasteiger partial charge in [0.05, 0.1) is 11.1 Å². The van der Waals surface area contributed by atoms with E-state index in [4.69, 9.17) is 4.98 Å². The first-order valence-corrected chi connectivity index (χ1v) is 8.86. The molecule has 1 atom stereocenters. The summed E-state index contributed by atoms with van der Waals surface area (Å²) in [6.07, 6.45) is 3.36. The van der Waals surface area contributed by atoms with Crippen molar-refractivity contribution in [3.05, 3.63) is 35.9 Å². The van der Waals surface area contributed by atoms with Gasteiger partial charge in [0, 0.05) is 38.1 Å². The van der Waals surface area contributed by atoms with Crippen LogP contribution >= 0.6 is 0 Å². The van der Waals surface area contributed by atoms with Gasteiger partial charge in [-0.25, -0.2) is 4.98 Å². The summed E-state index contributed by atoms with van der Waals surface area (Å²) in [6.45, 7) is 3.83. The molecule has 24 heavy (non-hydrogen) atoms. The maximum absolute atomic E-state index is 13.2. The van der Waals surface area contributed by atoms with Crippen LogP contribution in [0.4, 0.5) is 5.82 Å². The zero-order chi connectivity index (χ0) is 16.5. The second kappa shape index (κ2) is 6.40. The van der Waals surface area contributed by atoms with Crippen molar-refractivity contribution in [3.63, 3.8) is 0 Å². The van der Waals surface area contributed by atoms with Crippen molar-refractivity contribution in [2.45, 2.75) is 25.3 Å². The number of carbonyl (C=O) groups excluding carboxylic acids is 1. The molecule has 0 bridgehead atoms. The molecule has 1 aromatic heterocycles. The van der Waals surface area contributed by atoms with Crippen molar-refractivity contribution in [1.29, 1.82) is 0 Å². The van der Waals surface area contributed by atoms with E-state index in [9.17, 15) is 4.79 Å². The van der Waals surface area contributed by atoms with Gasteiger partial charge in [-0.05, 0) is 37.9 Å². The molecular formula is C19H24N4O. The molecule has 5 nitrogen and oxygen atoms in total. The average molecular weight is 324 g/mol. The first kappa shape index (κ1) is 15.4. The highest BCUT2D eigenvalue weighted by Crippen LogP contribution is 2.28. The maximum atomic E-state index is 13.2. The minimum absolute atomic E-state index is 0.0869. The number of rotatable bonds is 3. The van der Waals surface area contributed by atoms with E-state index in [1.807, 2.05) is 42.3 Å². The van der Waals surface area contributed by atoms with Gasteiger partial charge in [-0.3, -0.25) is 4.79 Å². The topological polar surface area (TPSA) is 48.5 Å². The Balaban J connectivity index is 1.76. The average Bonchev–Trinajstić information content (AvgIpc) is 3.32. The largest absolute Gasteiger partial charge is 0.356 e. The minimum atomic E-state index is 0.0869. The number of nitrogens with zero attached hydrogens (tertiary/aromatic N) is 3. The summed E-state index contributed by atoms with van der Waals surface area (Å²) >= 11 is 0. The highest BCUT2D eigenvalue weighted by Gasteiger charge is 2.28. The standard InChI is InChI=1S/C19H24N4O/c1-22(15-8-9-20-13-15)19(24)16-12-14-6-2-3-7-17(14)21-18(16)23-10-4-5-11-23/h2-3,6-7,12,15,20H,4-5,8-11,13H2,1H3. The molecule has 2 fully saturated rings. The second-order valence-corrected chi connectivity index (χ2v) is 6.81. The molecule has 2 saturated heterocycles. The molecule has 126 valence electrons. The molecule has 3 heterocycles. The van der Waals surface area contributed by atoms with Crippen molar-refractivity contribution < 1.29 is 4.79 Å². The molecule has 1 N–H and O–H groups in total. The van der Waals surface area contributed by atoms with Crippen LogP contribution in [0.1, 0.15) is 29.6 Å². The van der Waals surface area contributed by atoms with Gasteiger partial charge in [-0.1, -0.05) is 18.2 Å². The Morgan fingerprint density at radius 2 is 2.08 bits per heavy atom. The van der Waals surface area contributed by atoms with Gasteiger partial charge < -0.3 is 15.1 Å². The van der Waals surface area contributed by atoms with Crippen LogP contribution in [0.15, 0.2) is 30.3 Å². The van der Waals surface area contributed by atoms with E-state index in [1.165, 1.54) is 12.8 Å². The van der Waals surface area contributed by atoms with Gasteiger partial charge in [0.25, 0.3) is 5.91 Å². The number of amides is 1. The van der Waals surface area contributed by atoms with Gasteiger partial charge in [-0.2, -0.15) is 0 Å². The molecule has 0 radical (unpaired) electrons. The molecule has 4 rings (SSSR count). The second-order valence-electron chi connectivity index (χ2n) is 6.81. The first-order valence-electron chi connectivity index (χ1n) is 8.86. The number of aromatic nitrogens is 1. The number of hydrogen-bond donors (Lipinski definition) is 1. The molecular weight excluding hydrogens is 300 g/mol. The van der Waals surface area contributed by atoms with Crippen LogP contribution in [0.2, 0.25) is 0 Å². The molecule has 2 aromatic rings. The number of nitrogens with one attached hydrogen (secondary N) is 1. The number of likely N-dealkylation sites (N-methyl/N-ethyl adjacent to an activating group) is 1. The molecule has 0 spiro atoms. The lowest BCUT2D eigenvalue weighted by molar-refractivity contribution is 0.0744. The Bertz CT molecular complexity index is 748. The summed E-state index contributed by atoms with van der Waals surface area (Å²) in [5.41, 5.74) is 1.70. The fourth-order valence-corrected chi connectivity index (χ4v) is 3.76. The zero-order valence-electron chi connectivity index (χ0n) is 14.2. The van der Waals surface area contributed by atoms with E-state index in [0.717, 1.165) is 54.9 Å². The lowest BCUT2D eigenvalue weighted by atomic mass is 10.1. The Kier molecular flexibility index (Phi) is 4.10. The summed E-state index contributed by atoms with van der Waals surface area (Å²) in [5.74, 6) is 0.942. The summed E-state index contributed by atoms with van der Waals surface area (Å²) in [7, 11) is 1.92.